The van der Waals surface area contributed by atoms with E-state index in [2.05, 4.69) is 10.6 Å². The van der Waals surface area contributed by atoms with E-state index in [0.29, 0.717) is 18.1 Å². The number of nitrogens with two attached hydrogens (primary N) is 1. The van der Waals surface area contributed by atoms with Gasteiger partial charge in [0.1, 0.15) is 0 Å². The van der Waals surface area contributed by atoms with Crippen LogP contribution in [0.15, 0.2) is 0 Å². The lowest BCUT2D eigenvalue weighted by atomic mass is 10.0. The number of carbonyl (C=O) groups is 1. The highest BCUT2D eigenvalue weighted by atomic mass is 35.5. The molecule has 0 spiro atoms. The lowest BCUT2D eigenvalue weighted by molar-refractivity contribution is 0.237. The third-order valence-corrected chi connectivity index (χ3v) is 2.82. The average Bonchev–Trinajstić information content (AvgIpc) is 2.29. The van der Waals surface area contributed by atoms with E-state index < -0.39 is 0 Å². The molecule has 5 heteroatoms. The Morgan fingerprint density at radius 2 is 1.85 bits per heavy atom. The predicted molar refractivity (Wildman–Crippen MR) is 52.9 cm³/mol. The highest BCUT2D eigenvalue weighted by Gasteiger charge is 2.33. The van der Waals surface area contributed by atoms with E-state index in [0.717, 1.165) is 12.8 Å². The maximum absolute atomic E-state index is 10.6. The van der Waals surface area contributed by atoms with Gasteiger partial charge in [0.2, 0.25) is 0 Å². The van der Waals surface area contributed by atoms with Crippen LogP contribution in [-0.2, 0) is 0 Å². The molecule has 3 atom stereocenters. The zero-order valence-electron chi connectivity index (χ0n) is 7.45. The summed E-state index contributed by atoms with van der Waals surface area (Å²) in [7, 11) is 0. The van der Waals surface area contributed by atoms with Crippen LogP contribution in [0, 0.1) is 0 Å². The molecule has 2 rings (SSSR count). The van der Waals surface area contributed by atoms with Gasteiger partial charge in [-0.1, -0.05) is 0 Å². The summed E-state index contributed by atoms with van der Waals surface area (Å²) < 4.78 is 0. The van der Waals surface area contributed by atoms with Crippen LogP contribution in [0.5, 0.6) is 0 Å². The van der Waals surface area contributed by atoms with Crippen LogP contribution in [0.25, 0.3) is 0 Å². The number of rotatable bonds is 1. The summed E-state index contributed by atoms with van der Waals surface area (Å²) in [5, 5.41) is 6.28. The average molecular weight is 206 g/mol. The van der Waals surface area contributed by atoms with Gasteiger partial charge < -0.3 is 16.4 Å². The molecule has 0 saturated carbocycles. The number of nitrogens with one attached hydrogen (secondary N) is 2. The van der Waals surface area contributed by atoms with Crippen molar-refractivity contribution in [3.05, 3.63) is 0 Å². The fraction of sp³-hybridized carbons (Fsp3) is 0.875. The summed E-state index contributed by atoms with van der Waals surface area (Å²) >= 11 is 0. The van der Waals surface area contributed by atoms with Gasteiger partial charge in [0.05, 0.1) is 0 Å². The predicted octanol–water partition coefficient (Wildman–Crippen LogP) is 0.359. The van der Waals surface area contributed by atoms with Crippen molar-refractivity contribution in [3.8, 4) is 0 Å². The summed E-state index contributed by atoms with van der Waals surface area (Å²) in [5.74, 6) is 0. The minimum atomic E-state index is -0.388. The molecule has 1 unspecified atom stereocenters. The summed E-state index contributed by atoms with van der Waals surface area (Å²) in [6, 6.07) is 1.14. The van der Waals surface area contributed by atoms with Crippen molar-refractivity contribution in [1.29, 1.82) is 0 Å². The molecule has 2 amide bonds. The highest BCUT2D eigenvalue weighted by Crippen LogP contribution is 2.26. The van der Waals surface area contributed by atoms with Crippen molar-refractivity contribution >= 4 is 18.4 Å². The van der Waals surface area contributed by atoms with E-state index in [1.165, 1.54) is 12.8 Å². The molecular formula is C8H16ClN3O. The number of hydrogen-bond donors (Lipinski definition) is 3. The van der Waals surface area contributed by atoms with Crippen molar-refractivity contribution in [2.45, 2.75) is 43.8 Å². The monoisotopic (exact) mass is 205 g/mol. The van der Waals surface area contributed by atoms with Gasteiger partial charge in [0.15, 0.2) is 0 Å². The van der Waals surface area contributed by atoms with E-state index in [1.54, 1.807) is 0 Å². The molecule has 2 saturated heterocycles. The maximum atomic E-state index is 10.6. The van der Waals surface area contributed by atoms with Gasteiger partial charge in [0, 0.05) is 18.1 Å². The largest absolute Gasteiger partial charge is 0.352 e. The molecule has 2 aliphatic rings. The summed E-state index contributed by atoms with van der Waals surface area (Å²) in [5.41, 5.74) is 5.06. The van der Waals surface area contributed by atoms with E-state index in [1.807, 2.05) is 0 Å². The Kier molecular flexibility index (Phi) is 3.39. The van der Waals surface area contributed by atoms with Crippen LogP contribution >= 0.6 is 12.4 Å². The Labute approximate surface area is 84.0 Å². The third kappa shape index (κ3) is 2.48. The second-order valence-electron chi connectivity index (χ2n) is 3.81. The molecule has 2 fully saturated rings. The van der Waals surface area contributed by atoms with Gasteiger partial charge >= 0.3 is 6.03 Å². The normalized spacial score (nSPS) is 36.5. The van der Waals surface area contributed by atoms with Crippen LogP contribution in [0.4, 0.5) is 4.79 Å². The molecular weight excluding hydrogens is 190 g/mol. The minimum absolute atomic E-state index is 0. The lowest BCUT2D eigenvalue weighted by Gasteiger charge is -2.28. The second kappa shape index (κ2) is 4.15. The SMILES string of the molecule is Cl.NC(=O)NC1C[C@H]2CC[C@@H](C1)N2. The summed E-state index contributed by atoms with van der Waals surface area (Å²) in [4.78, 5) is 10.6. The molecule has 2 bridgehead atoms. The molecule has 4 nitrogen and oxygen atoms in total. The smallest absolute Gasteiger partial charge is 0.312 e. The number of hydrogen-bond acceptors (Lipinski definition) is 2. The highest BCUT2D eigenvalue weighted by molar-refractivity contribution is 5.85. The Balaban J connectivity index is 0.000000845. The quantitative estimate of drug-likeness (QED) is 0.579. The number of piperidine rings is 1. The van der Waals surface area contributed by atoms with Crippen molar-refractivity contribution in [3.63, 3.8) is 0 Å². The van der Waals surface area contributed by atoms with Crippen molar-refractivity contribution in [1.82, 2.24) is 10.6 Å². The van der Waals surface area contributed by atoms with Crippen LogP contribution in [-0.4, -0.2) is 24.2 Å². The molecule has 0 aromatic carbocycles. The van der Waals surface area contributed by atoms with Crippen molar-refractivity contribution in [2.24, 2.45) is 5.73 Å². The molecule has 2 aliphatic heterocycles. The summed E-state index contributed by atoms with van der Waals surface area (Å²) in [6.45, 7) is 0. The third-order valence-electron chi connectivity index (χ3n) is 2.82. The number of fused-ring (bicyclic) bond motifs is 2. The van der Waals surface area contributed by atoms with Crippen LogP contribution in [0.1, 0.15) is 25.7 Å². The second-order valence-corrected chi connectivity index (χ2v) is 3.81. The number of halogens is 1. The molecule has 0 aromatic rings. The Morgan fingerprint density at radius 1 is 1.31 bits per heavy atom. The topological polar surface area (TPSA) is 67.2 Å². The number of carbonyl (C=O) groups excluding carboxylic acids is 1. The summed E-state index contributed by atoms with van der Waals surface area (Å²) in [6.07, 6.45) is 4.59. The van der Waals surface area contributed by atoms with Crippen LogP contribution < -0.4 is 16.4 Å². The van der Waals surface area contributed by atoms with Crippen molar-refractivity contribution in [2.75, 3.05) is 0 Å². The van der Waals surface area contributed by atoms with E-state index >= 15 is 0 Å². The van der Waals surface area contributed by atoms with Gasteiger partial charge in [-0.05, 0) is 25.7 Å². The number of urea groups is 1. The van der Waals surface area contributed by atoms with Crippen LogP contribution in [0.3, 0.4) is 0 Å². The first-order valence-electron chi connectivity index (χ1n) is 4.56. The molecule has 0 radical (unpaired) electrons. The first-order valence-corrected chi connectivity index (χ1v) is 4.56. The Hall–Kier alpha value is -0.480. The van der Waals surface area contributed by atoms with E-state index in [4.69, 9.17) is 5.73 Å². The van der Waals surface area contributed by atoms with Gasteiger partial charge in [-0.3, -0.25) is 0 Å². The Bertz CT molecular complexity index is 188. The molecule has 13 heavy (non-hydrogen) atoms. The van der Waals surface area contributed by atoms with E-state index in [9.17, 15) is 4.79 Å². The molecule has 4 N–H and O–H groups in total. The van der Waals surface area contributed by atoms with Gasteiger partial charge in [-0.25, -0.2) is 4.79 Å². The fourth-order valence-corrected chi connectivity index (χ4v) is 2.38. The first-order chi connectivity index (χ1) is 5.74. The molecule has 0 aliphatic carbocycles. The molecule has 0 aromatic heterocycles. The van der Waals surface area contributed by atoms with Crippen LogP contribution in [0.2, 0.25) is 0 Å². The van der Waals surface area contributed by atoms with Gasteiger partial charge in [-0.2, -0.15) is 0 Å². The van der Waals surface area contributed by atoms with Gasteiger partial charge in [0.25, 0.3) is 0 Å². The standard InChI is InChI=1S/C8H15N3O.ClH/c9-8(12)11-7-3-5-1-2-6(4-7)10-5;/h5-7,10H,1-4H2,(H3,9,11,12);1H/t5-,6+,7?;. The van der Waals surface area contributed by atoms with Gasteiger partial charge in [-0.15, -0.1) is 12.4 Å². The zero-order chi connectivity index (χ0) is 8.55. The number of primary amides is 1. The molecule has 76 valence electrons. The minimum Gasteiger partial charge on any atom is -0.352 e. The van der Waals surface area contributed by atoms with E-state index in [-0.39, 0.29) is 18.4 Å². The Morgan fingerprint density at radius 3 is 2.31 bits per heavy atom. The fourth-order valence-electron chi connectivity index (χ4n) is 2.38. The maximum Gasteiger partial charge on any atom is 0.312 e. The molecule has 2 heterocycles. The lowest BCUT2D eigenvalue weighted by Crippen LogP contribution is -2.49. The van der Waals surface area contributed by atoms with Crippen molar-refractivity contribution < 1.29 is 4.79 Å². The first kappa shape index (κ1) is 10.6. The zero-order valence-corrected chi connectivity index (χ0v) is 8.27. The number of amides is 2.